The molecule has 1 aliphatic rings. The molecular weight excluding hydrogens is 594 g/mol. The molecule has 3 rings (SSSR count). The summed E-state index contributed by atoms with van der Waals surface area (Å²) < 4.78 is 0. The third-order valence-electron chi connectivity index (χ3n) is 5.05. The van der Waals surface area contributed by atoms with E-state index in [9.17, 15) is 20.4 Å². The Kier molecular flexibility index (Phi) is 18.8. The molecule has 0 aromatic heterocycles. The predicted molar refractivity (Wildman–Crippen MR) is 142 cm³/mol. The van der Waals surface area contributed by atoms with Crippen molar-refractivity contribution >= 4 is 46.4 Å². The summed E-state index contributed by atoms with van der Waals surface area (Å²) in [4.78, 5) is 0. The molecule has 0 heterocycles. The van der Waals surface area contributed by atoms with Crippen LogP contribution in [0.4, 0.5) is 0 Å². The van der Waals surface area contributed by atoms with E-state index >= 15 is 0 Å². The Labute approximate surface area is 255 Å². The second-order valence-corrected chi connectivity index (χ2v) is 10.8. The molecule has 6 nitrogen and oxygen atoms in total. The van der Waals surface area contributed by atoms with Crippen LogP contribution in [0.2, 0.25) is 20.1 Å². The maximum absolute atomic E-state index is 12.2. The first-order valence-electron chi connectivity index (χ1n) is 11.9. The molecule has 0 aliphatic heterocycles. The zero-order valence-corrected chi connectivity index (χ0v) is 26.1. The molecule has 1 saturated carbocycles. The SMILES string of the molecule is CC(C)[O-].CC(C)[O-].[O-]c1c(Cl)cc(Cl)cc1CN[C@@H]1CCCC[C@H]1NCc1cc(Cl)cc(Cl)c1[O-].[Ti+4]. The van der Waals surface area contributed by atoms with Crippen LogP contribution in [0.25, 0.3) is 0 Å². The first-order valence-corrected chi connectivity index (χ1v) is 13.4. The van der Waals surface area contributed by atoms with Gasteiger partial charge in [0.05, 0.1) is 0 Å². The van der Waals surface area contributed by atoms with Crippen molar-refractivity contribution in [2.45, 2.75) is 90.8 Å². The van der Waals surface area contributed by atoms with Crippen LogP contribution in [0.5, 0.6) is 11.5 Å². The average molecular weight is 628 g/mol. The maximum atomic E-state index is 12.2. The molecule has 37 heavy (non-hydrogen) atoms. The van der Waals surface area contributed by atoms with E-state index in [2.05, 4.69) is 10.6 Å². The molecule has 1 aliphatic carbocycles. The van der Waals surface area contributed by atoms with E-state index in [1.165, 1.54) is 12.1 Å². The largest absolute Gasteiger partial charge is 4.00 e. The van der Waals surface area contributed by atoms with Crippen molar-refractivity contribution in [3.63, 3.8) is 0 Å². The molecule has 2 aromatic rings. The fourth-order valence-electron chi connectivity index (χ4n) is 3.59. The Morgan fingerprint density at radius 3 is 1.30 bits per heavy atom. The van der Waals surface area contributed by atoms with Crippen molar-refractivity contribution in [1.29, 1.82) is 0 Å². The monoisotopic (exact) mass is 626 g/mol. The molecule has 2 N–H and O–H groups in total. The Balaban J connectivity index is 0.00000127. The fraction of sp³-hybridized carbons (Fsp3) is 0.538. The second-order valence-electron chi connectivity index (χ2n) is 9.11. The Bertz CT molecular complexity index is 870. The molecule has 0 amide bonds. The molecule has 0 saturated heterocycles. The van der Waals surface area contributed by atoms with Gasteiger partial charge in [-0.25, -0.2) is 0 Å². The van der Waals surface area contributed by atoms with Gasteiger partial charge < -0.3 is 31.1 Å². The van der Waals surface area contributed by atoms with Crippen LogP contribution in [0, 0.1) is 0 Å². The van der Waals surface area contributed by atoms with Gasteiger partial charge in [0.25, 0.3) is 0 Å². The number of hydrogen-bond acceptors (Lipinski definition) is 6. The first kappa shape index (κ1) is 36.8. The number of benzene rings is 2. The molecule has 0 radical (unpaired) electrons. The Morgan fingerprint density at radius 2 is 1.00 bits per heavy atom. The van der Waals surface area contributed by atoms with E-state index in [0.29, 0.717) is 34.3 Å². The van der Waals surface area contributed by atoms with E-state index in [1.54, 1.807) is 39.8 Å². The van der Waals surface area contributed by atoms with Crippen molar-refractivity contribution in [1.82, 2.24) is 10.6 Å². The predicted octanol–water partition coefficient (Wildman–Crippen LogP) is 4.15. The van der Waals surface area contributed by atoms with Gasteiger partial charge in [0.1, 0.15) is 0 Å². The summed E-state index contributed by atoms with van der Waals surface area (Å²) in [6.07, 6.45) is 3.32. The molecule has 0 bridgehead atoms. The summed E-state index contributed by atoms with van der Waals surface area (Å²) in [5.41, 5.74) is 1.09. The quantitative estimate of drug-likeness (QED) is 0.465. The van der Waals surface area contributed by atoms with Crippen LogP contribution in [0.15, 0.2) is 24.3 Å². The number of halogens is 4. The van der Waals surface area contributed by atoms with Gasteiger partial charge in [-0.15, -0.1) is 12.2 Å². The number of nitrogens with one attached hydrogen (secondary N) is 2. The van der Waals surface area contributed by atoms with E-state index < -0.39 is 12.2 Å². The second kappa shape index (κ2) is 18.9. The zero-order valence-electron chi connectivity index (χ0n) is 21.5. The van der Waals surface area contributed by atoms with Crippen LogP contribution in [0.3, 0.4) is 0 Å². The minimum Gasteiger partial charge on any atom is -0.871 e. The van der Waals surface area contributed by atoms with Crippen molar-refractivity contribution in [2.75, 3.05) is 0 Å². The molecule has 2 atom stereocenters. The van der Waals surface area contributed by atoms with Crippen molar-refractivity contribution < 1.29 is 42.1 Å². The summed E-state index contributed by atoms with van der Waals surface area (Å²) >= 11 is 23.9. The smallest absolute Gasteiger partial charge is 0.871 e. The van der Waals surface area contributed by atoms with E-state index in [0.717, 1.165) is 25.7 Å². The van der Waals surface area contributed by atoms with Crippen molar-refractivity contribution in [3.8, 4) is 11.5 Å². The third-order valence-corrected chi connectivity index (χ3v) is 6.04. The van der Waals surface area contributed by atoms with Gasteiger partial charge in [0.15, 0.2) is 0 Å². The minimum absolute atomic E-state index is 0. The van der Waals surface area contributed by atoms with Gasteiger partial charge in [-0.3, -0.25) is 0 Å². The fourth-order valence-corrected chi connectivity index (χ4v) is 4.66. The van der Waals surface area contributed by atoms with Gasteiger partial charge in [0.2, 0.25) is 0 Å². The van der Waals surface area contributed by atoms with Crippen LogP contribution in [-0.2, 0) is 34.8 Å². The van der Waals surface area contributed by atoms with Crippen molar-refractivity contribution in [2.24, 2.45) is 0 Å². The summed E-state index contributed by atoms with van der Waals surface area (Å²) in [6, 6.07) is 6.52. The van der Waals surface area contributed by atoms with Gasteiger partial charge >= 0.3 is 21.7 Å². The molecular formula is C26H34Cl4N2O4Ti. The number of rotatable bonds is 6. The Morgan fingerprint density at radius 1 is 0.703 bits per heavy atom. The molecule has 1 fully saturated rings. The summed E-state index contributed by atoms with van der Waals surface area (Å²) in [5, 5.41) is 51.5. The Hall–Kier alpha value is -0.246. The van der Waals surface area contributed by atoms with Gasteiger partial charge in [-0.2, -0.15) is 0 Å². The third kappa shape index (κ3) is 14.6. The zero-order chi connectivity index (χ0) is 27.4. The molecule has 204 valence electrons. The van der Waals surface area contributed by atoms with Crippen molar-refractivity contribution in [3.05, 3.63) is 55.5 Å². The first-order chi connectivity index (χ1) is 16.8. The topological polar surface area (TPSA) is 116 Å². The van der Waals surface area contributed by atoms with Crippen LogP contribution >= 0.6 is 46.4 Å². The van der Waals surface area contributed by atoms with E-state index in [-0.39, 0.29) is 55.3 Å². The van der Waals surface area contributed by atoms with Gasteiger partial charge in [-0.1, -0.05) is 98.4 Å². The average Bonchev–Trinajstić information content (AvgIpc) is 2.76. The van der Waals surface area contributed by atoms with Crippen LogP contribution in [0.1, 0.15) is 64.5 Å². The standard InChI is InChI=1S/C20H22Cl4N2O2.2C3H7O.Ti/c21-13-5-11(19(27)15(23)7-13)9-25-17-3-1-2-4-18(17)26-10-12-6-14(22)8-16(24)20(12)28;2*1-3(2)4;/h5-8,17-18,25-28H,1-4,9-10H2;2*3H,1-2H3;/q;2*-1;+4/p-2/t17-,18-;;;/m1.../s1. The molecule has 0 unspecified atom stereocenters. The van der Waals surface area contributed by atoms with Gasteiger partial charge in [-0.05, 0) is 48.2 Å². The molecule has 2 aromatic carbocycles. The molecule has 11 heteroatoms. The summed E-state index contributed by atoms with van der Waals surface area (Å²) in [5.74, 6) is -0.410. The molecule has 0 spiro atoms. The number of hydrogen-bond donors (Lipinski definition) is 2. The van der Waals surface area contributed by atoms with Crippen LogP contribution < -0.4 is 31.1 Å². The van der Waals surface area contributed by atoms with E-state index in [1.807, 2.05) is 0 Å². The minimum atomic E-state index is -0.417. The van der Waals surface area contributed by atoms with Gasteiger partial charge in [0, 0.05) is 45.3 Å². The van der Waals surface area contributed by atoms with E-state index in [4.69, 9.17) is 46.4 Å². The summed E-state index contributed by atoms with van der Waals surface area (Å²) in [6.45, 7) is 7.22. The maximum Gasteiger partial charge on any atom is 4.00 e. The normalized spacial score (nSPS) is 16.9. The van der Waals surface area contributed by atoms with Crippen LogP contribution in [-0.4, -0.2) is 24.3 Å². The summed E-state index contributed by atoms with van der Waals surface area (Å²) in [7, 11) is 0.